The smallest absolute Gasteiger partial charge is 0.261 e. The zero-order valence-electron chi connectivity index (χ0n) is 11.4. The molecule has 0 aliphatic carbocycles. The number of carbonyl (C=O) groups is 2. The van der Waals surface area contributed by atoms with Gasteiger partial charge in [-0.1, -0.05) is 12.1 Å². The van der Waals surface area contributed by atoms with Crippen LogP contribution in [0.4, 0.5) is 0 Å². The molecule has 0 N–H and O–H groups in total. The Labute approximate surface area is 120 Å². The van der Waals surface area contributed by atoms with Crippen molar-refractivity contribution >= 4 is 11.8 Å². The summed E-state index contributed by atoms with van der Waals surface area (Å²) in [4.78, 5) is 25.5. The van der Waals surface area contributed by atoms with E-state index in [9.17, 15) is 9.59 Å². The Balaban J connectivity index is 1.69. The SMILES string of the molecule is COCc1nnc(CCN2C(=O)c3ccccc3C2=O)o1. The van der Waals surface area contributed by atoms with Crippen LogP contribution in [0.3, 0.4) is 0 Å². The van der Waals surface area contributed by atoms with Gasteiger partial charge >= 0.3 is 0 Å². The molecule has 108 valence electrons. The first-order valence-electron chi connectivity index (χ1n) is 6.46. The molecule has 1 aliphatic heterocycles. The number of hydrogen-bond acceptors (Lipinski definition) is 6. The molecular weight excluding hydrogens is 274 g/mol. The van der Waals surface area contributed by atoms with E-state index >= 15 is 0 Å². The van der Waals surface area contributed by atoms with E-state index in [4.69, 9.17) is 9.15 Å². The highest BCUT2D eigenvalue weighted by Crippen LogP contribution is 2.22. The van der Waals surface area contributed by atoms with E-state index in [1.165, 1.54) is 12.0 Å². The largest absolute Gasteiger partial charge is 0.423 e. The standard InChI is InChI=1S/C14H13N3O4/c1-20-8-12-16-15-11(21-12)6-7-17-13(18)9-4-2-3-5-10(9)14(17)19/h2-5H,6-8H2,1H3. The molecule has 1 aromatic heterocycles. The van der Waals surface area contributed by atoms with E-state index in [0.29, 0.717) is 29.3 Å². The third-order valence-electron chi connectivity index (χ3n) is 3.20. The number of rotatable bonds is 5. The van der Waals surface area contributed by atoms with Crippen molar-refractivity contribution in [2.24, 2.45) is 0 Å². The summed E-state index contributed by atoms with van der Waals surface area (Å²) in [6.07, 6.45) is 0.322. The fraction of sp³-hybridized carbons (Fsp3) is 0.286. The molecule has 0 saturated heterocycles. The normalized spacial score (nSPS) is 13.9. The third-order valence-corrected chi connectivity index (χ3v) is 3.20. The number of methoxy groups -OCH3 is 1. The van der Waals surface area contributed by atoms with Crippen LogP contribution in [-0.2, 0) is 17.8 Å². The number of carbonyl (C=O) groups excluding carboxylic acids is 2. The lowest BCUT2D eigenvalue weighted by Crippen LogP contribution is -2.31. The van der Waals surface area contributed by atoms with E-state index in [2.05, 4.69) is 10.2 Å². The number of nitrogens with zero attached hydrogens (tertiary/aromatic N) is 3. The molecule has 1 aromatic carbocycles. The van der Waals surface area contributed by atoms with Crippen molar-refractivity contribution in [1.82, 2.24) is 15.1 Å². The molecule has 21 heavy (non-hydrogen) atoms. The van der Waals surface area contributed by atoms with Crippen LogP contribution in [0.25, 0.3) is 0 Å². The minimum absolute atomic E-state index is 0.209. The predicted molar refractivity (Wildman–Crippen MR) is 70.5 cm³/mol. The average Bonchev–Trinajstić information content (AvgIpc) is 3.03. The highest BCUT2D eigenvalue weighted by molar-refractivity contribution is 6.21. The maximum Gasteiger partial charge on any atom is 0.261 e. The molecule has 0 atom stereocenters. The number of fused-ring (bicyclic) bond motifs is 1. The second kappa shape index (κ2) is 5.45. The Bertz CT molecular complexity index is 660. The van der Waals surface area contributed by atoms with Crippen LogP contribution < -0.4 is 0 Å². The van der Waals surface area contributed by atoms with Crippen LogP contribution in [0, 0.1) is 0 Å². The highest BCUT2D eigenvalue weighted by Gasteiger charge is 2.34. The van der Waals surface area contributed by atoms with E-state index in [1.54, 1.807) is 24.3 Å². The van der Waals surface area contributed by atoms with Gasteiger partial charge in [0.1, 0.15) is 6.61 Å². The summed E-state index contributed by atoms with van der Waals surface area (Å²) in [6.45, 7) is 0.445. The second-order valence-electron chi connectivity index (χ2n) is 4.58. The second-order valence-corrected chi connectivity index (χ2v) is 4.58. The number of ether oxygens (including phenoxy) is 1. The number of hydrogen-bond donors (Lipinski definition) is 0. The molecule has 2 amide bonds. The number of benzene rings is 1. The number of imide groups is 1. The minimum atomic E-state index is -0.285. The molecule has 2 aromatic rings. The van der Waals surface area contributed by atoms with Crippen molar-refractivity contribution in [3.05, 3.63) is 47.2 Å². The van der Waals surface area contributed by atoms with Gasteiger partial charge in [0, 0.05) is 20.1 Å². The van der Waals surface area contributed by atoms with Gasteiger partial charge in [0.05, 0.1) is 11.1 Å². The van der Waals surface area contributed by atoms with Crippen molar-refractivity contribution in [1.29, 1.82) is 0 Å². The Morgan fingerprint density at radius 2 is 1.71 bits per heavy atom. The minimum Gasteiger partial charge on any atom is -0.423 e. The van der Waals surface area contributed by atoms with Gasteiger partial charge in [0.2, 0.25) is 11.8 Å². The van der Waals surface area contributed by atoms with Crippen LogP contribution in [-0.4, -0.2) is 40.6 Å². The number of aromatic nitrogens is 2. The quantitative estimate of drug-likeness (QED) is 0.764. The lowest BCUT2D eigenvalue weighted by molar-refractivity contribution is 0.0653. The molecular formula is C14H13N3O4. The van der Waals surface area contributed by atoms with Gasteiger partial charge in [-0.25, -0.2) is 0 Å². The van der Waals surface area contributed by atoms with Gasteiger partial charge in [0.15, 0.2) is 0 Å². The van der Waals surface area contributed by atoms with E-state index in [-0.39, 0.29) is 25.0 Å². The lowest BCUT2D eigenvalue weighted by atomic mass is 10.1. The third kappa shape index (κ3) is 2.43. The summed E-state index contributed by atoms with van der Waals surface area (Å²) in [5.41, 5.74) is 0.876. The van der Waals surface area contributed by atoms with Gasteiger partial charge in [-0.15, -0.1) is 10.2 Å². The maximum absolute atomic E-state index is 12.2. The Hall–Kier alpha value is -2.54. The Morgan fingerprint density at radius 3 is 2.33 bits per heavy atom. The average molecular weight is 287 g/mol. The summed E-state index contributed by atoms with van der Waals surface area (Å²) >= 11 is 0. The molecule has 0 bridgehead atoms. The van der Waals surface area contributed by atoms with E-state index in [1.807, 2.05) is 0 Å². The van der Waals surface area contributed by atoms with Crippen LogP contribution in [0.1, 0.15) is 32.5 Å². The summed E-state index contributed by atoms with van der Waals surface area (Å²) in [5.74, 6) is 0.174. The van der Waals surface area contributed by atoms with Crippen LogP contribution in [0.5, 0.6) is 0 Å². The van der Waals surface area contributed by atoms with Gasteiger partial charge in [-0.05, 0) is 12.1 Å². The van der Waals surface area contributed by atoms with Crippen LogP contribution in [0.15, 0.2) is 28.7 Å². The molecule has 7 nitrogen and oxygen atoms in total. The van der Waals surface area contributed by atoms with Crippen molar-refractivity contribution in [3.8, 4) is 0 Å². The van der Waals surface area contributed by atoms with Crippen molar-refractivity contribution < 1.29 is 18.7 Å². The van der Waals surface area contributed by atoms with E-state index in [0.717, 1.165) is 0 Å². The molecule has 3 rings (SSSR count). The molecule has 0 radical (unpaired) electrons. The first-order valence-corrected chi connectivity index (χ1v) is 6.46. The summed E-state index contributed by atoms with van der Waals surface area (Å²) < 4.78 is 10.2. The maximum atomic E-state index is 12.2. The fourth-order valence-corrected chi connectivity index (χ4v) is 2.22. The predicted octanol–water partition coefficient (Wildman–Crippen LogP) is 1.05. The molecule has 0 saturated carbocycles. The fourth-order valence-electron chi connectivity index (χ4n) is 2.22. The topological polar surface area (TPSA) is 85.5 Å². The Morgan fingerprint density at radius 1 is 1.10 bits per heavy atom. The summed E-state index contributed by atoms with van der Waals surface area (Å²) in [5, 5.41) is 7.65. The number of amides is 2. The summed E-state index contributed by atoms with van der Waals surface area (Å²) in [7, 11) is 1.53. The molecule has 1 aliphatic rings. The van der Waals surface area contributed by atoms with Gasteiger partial charge in [-0.3, -0.25) is 14.5 Å². The molecule has 2 heterocycles. The van der Waals surface area contributed by atoms with Crippen LogP contribution in [0.2, 0.25) is 0 Å². The molecule has 0 fully saturated rings. The zero-order valence-corrected chi connectivity index (χ0v) is 11.4. The summed E-state index contributed by atoms with van der Waals surface area (Å²) in [6, 6.07) is 6.78. The lowest BCUT2D eigenvalue weighted by Gasteiger charge is -2.11. The van der Waals surface area contributed by atoms with E-state index < -0.39 is 0 Å². The van der Waals surface area contributed by atoms with Gasteiger partial charge < -0.3 is 9.15 Å². The molecule has 0 spiro atoms. The highest BCUT2D eigenvalue weighted by atomic mass is 16.5. The first-order chi connectivity index (χ1) is 10.2. The zero-order chi connectivity index (χ0) is 14.8. The molecule has 7 heteroatoms. The monoisotopic (exact) mass is 287 g/mol. The Kier molecular flexibility index (Phi) is 3.49. The van der Waals surface area contributed by atoms with Crippen molar-refractivity contribution in [2.45, 2.75) is 13.0 Å². The van der Waals surface area contributed by atoms with Gasteiger partial charge in [0.25, 0.3) is 11.8 Å². The van der Waals surface area contributed by atoms with Crippen molar-refractivity contribution in [3.63, 3.8) is 0 Å². The van der Waals surface area contributed by atoms with Crippen molar-refractivity contribution in [2.75, 3.05) is 13.7 Å². The van der Waals surface area contributed by atoms with Gasteiger partial charge in [-0.2, -0.15) is 0 Å². The first kappa shape index (κ1) is 13.4. The molecule has 0 unspecified atom stereocenters. The van der Waals surface area contributed by atoms with Crippen LogP contribution >= 0.6 is 0 Å².